The Hall–Kier alpha value is -0.260. The Morgan fingerprint density at radius 2 is 2.40 bits per heavy atom. The molecule has 80 valence electrons. The molecule has 0 unspecified atom stereocenters. The molecular weight excluding hydrogens is 294 g/mol. The van der Waals surface area contributed by atoms with Gasteiger partial charge in [-0.1, -0.05) is 0 Å². The molecule has 0 saturated carbocycles. The second kappa shape index (κ2) is 5.18. The van der Waals surface area contributed by atoms with E-state index in [9.17, 15) is 0 Å². The highest BCUT2D eigenvalue weighted by atomic mass is 79.9. The van der Waals surface area contributed by atoms with Crippen molar-refractivity contribution in [2.75, 3.05) is 0 Å². The van der Waals surface area contributed by atoms with E-state index < -0.39 is 0 Å². The number of nitrogens with zero attached hydrogens (tertiary/aromatic N) is 1. The zero-order valence-electron chi connectivity index (χ0n) is 8.20. The van der Waals surface area contributed by atoms with Crippen LogP contribution < -0.4 is 0 Å². The van der Waals surface area contributed by atoms with Crippen LogP contribution in [0.25, 0.3) is 0 Å². The minimum absolute atomic E-state index is 0.920. The first-order valence-electron chi connectivity index (χ1n) is 4.47. The zero-order valence-corrected chi connectivity index (χ0v) is 11.4. The Morgan fingerprint density at radius 3 is 3.00 bits per heavy atom. The molecule has 0 saturated heterocycles. The normalized spacial score (nSPS) is 10.8. The first-order valence-corrected chi connectivity index (χ1v) is 7.19. The minimum Gasteiger partial charge on any atom is -0.468 e. The summed E-state index contributed by atoms with van der Waals surface area (Å²) in [6.07, 6.45) is 3.59. The second-order valence-electron chi connectivity index (χ2n) is 3.12. The molecule has 2 rings (SSSR count). The molecule has 0 atom stereocenters. The number of rotatable bonds is 4. The lowest BCUT2D eigenvalue weighted by Gasteiger charge is -1.98. The lowest BCUT2D eigenvalue weighted by molar-refractivity contribution is 0.528. The van der Waals surface area contributed by atoms with Crippen LogP contribution in [0.5, 0.6) is 0 Å². The summed E-state index contributed by atoms with van der Waals surface area (Å²) in [5, 5.41) is 0. The van der Waals surface area contributed by atoms with Gasteiger partial charge in [-0.25, -0.2) is 0 Å². The third-order valence-corrected chi connectivity index (χ3v) is 4.91. The van der Waals surface area contributed by atoms with Crippen molar-refractivity contribution in [1.82, 2.24) is 4.37 Å². The van der Waals surface area contributed by atoms with Crippen molar-refractivity contribution >= 4 is 39.2 Å². The number of aryl methyl sites for hydroxylation is 1. The van der Waals surface area contributed by atoms with Gasteiger partial charge in [0, 0.05) is 10.6 Å². The molecule has 0 bridgehead atoms. The van der Waals surface area contributed by atoms with E-state index in [4.69, 9.17) is 4.42 Å². The maximum atomic E-state index is 5.37. The molecule has 0 aliphatic heterocycles. The quantitative estimate of drug-likeness (QED) is 0.845. The fraction of sp³-hybridized carbons (Fsp3) is 0.300. The average molecular weight is 304 g/mol. The lowest BCUT2D eigenvalue weighted by atomic mass is 10.3. The van der Waals surface area contributed by atoms with Gasteiger partial charge in [-0.3, -0.25) is 0 Å². The van der Waals surface area contributed by atoms with Gasteiger partial charge in [-0.2, -0.15) is 4.37 Å². The predicted molar refractivity (Wildman–Crippen MR) is 68.3 cm³/mol. The van der Waals surface area contributed by atoms with Gasteiger partial charge in [0.2, 0.25) is 0 Å². The molecule has 2 aromatic rings. The average Bonchev–Trinajstić information content (AvgIpc) is 2.78. The Bertz CT molecular complexity index is 398. The highest BCUT2D eigenvalue weighted by Gasteiger charge is 2.05. The Morgan fingerprint density at radius 1 is 1.53 bits per heavy atom. The van der Waals surface area contributed by atoms with Crippen LogP contribution in [0.4, 0.5) is 0 Å². The van der Waals surface area contributed by atoms with Gasteiger partial charge in [0.05, 0.1) is 22.7 Å². The summed E-state index contributed by atoms with van der Waals surface area (Å²) in [5.41, 5.74) is 1.23. The van der Waals surface area contributed by atoms with Crippen LogP contribution in [-0.2, 0) is 11.5 Å². The Labute approximate surface area is 105 Å². The van der Waals surface area contributed by atoms with Gasteiger partial charge in [-0.05, 0) is 46.0 Å². The van der Waals surface area contributed by atoms with Gasteiger partial charge in [0.1, 0.15) is 5.76 Å². The van der Waals surface area contributed by atoms with Crippen LogP contribution in [0.3, 0.4) is 0 Å². The molecule has 0 aliphatic rings. The first-order chi connectivity index (χ1) is 7.27. The standard InChI is InChI=1S/C10H10BrNOS2/c1-7-2-3-13-9(7)5-14-6-10-8(11)4-12-15-10/h2-4H,5-6H2,1H3. The van der Waals surface area contributed by atoms with Crippen molar-refractivity contribution in [3.05, 3.63) is 39.2 Å². The van der Waals surface area contributed by atoms with E-state index >= 15 is 0 Å². The van der Waals surface area contributed by atoms with E-state index in [1.807, 2.05) is 24.0 Å². The molecule has 0 aromatic carbocycles. The highest BCUT2D eigenvalue weighted by molar-refractivity contribution is 9.10. The molecule has 0 aliphatic carbocycles. The van der Waals surface area contributed by atoms with E-state index in [1.54, 1.807) is 17.8 Å². The smallest absolute Gasteiger partial charge is 0.116 e. The first kappa shape index (κ1) is 11.2. The number of hydrogen-bond donors (Lipinski definition) is 0. The van der Waals surface area contributed by atoms with Crippen LogP contribution >= 0.6 is 39.2 Å². The third-order valence-electron chi connectivity index (χ3n) is 2.03. The summed E-state index contributed by atoms with van der Waals surface area (Å²) in [4.78, 5) is 1.28. The number of halogens is 1. The van der Waals surface area contributed by atoms with E-state index in [1.165, 1.54) is 10.4 Å². The molecule has 5 heteroatoms. The maximum Gasteiger partial charge on any atom is 0.116 e. The molecule has 0 radical (unpaired) electrons. The second-order valence-corrected chi connectivity index (χ2v) is 5.84. The van der Waals surface area contributed by atoms with Crippen LogP contribution in [0.15, 0.2) is 27.4 Å². The van der Waals surface area contributed by atoms with Crippen molar-refractivity contribution in [1.29, 1.82) is 0 Å². The number of furan rings is 1. The van der Waals surface area contributed by atoms with Crippen LogP contribution in [-0.4, -0.2) is 4.37 Å². The fourth-order valence-corrected chi connectivity index (χ4v) is 3.73. The monoisotopic (exact) mass is 303 g/mol. The Kier molecular flexibility index (Phi) is 3.88. The van der Waals surface area contributed by atoms with Crippen molar-refractivity contribution in [2.24, 2.45) is 0 Å². The molecule has 0 amide bonds. The number of hydrogen-bond acceptors (Lipinski definition) is 4. The molecule has 0 fully saturated rings. The summed E-state index contributed by atoms with van der Waals surface area (Å²) in [6.45, 7) is 2.07. The number of aromatic nitrogens is 1. The number of thioether (sulfide) groups is 1. The highest BCUT2D eigenvalue weighted by Crippen LogP contribution is 2.27. The molecule has 2 aromatic heterocycles. The minimum atomic E-state index is 0.920. The van der Waals surface area contributed by atoms with Crippen LogP contribution in [0, 0.1) is 6.92 Å². The van der Waals surface area contributed by atoms with Crippen molar-refractivity contribution in [2.45, 2.75) is 18.4 Å². The SMILES string of the molecule is Cc1ccoc1CSCc1sncc1Br. The van der Waals surface area contributed by atoms with Crippen LogP contribution in [0.1, 0.15) is 16.2 Å². The van der Waals surface area contributed by atoms with Gasteiger partial charge in [0.25, 0.3) is 0 Å². The van der Waals surface area contributed by atoms with Crippen molar-refractivity contribution in [3.8, 4) is 0 Å². The maximum absolute atomic E-state index is 5.37. The molecule has 2 heterocycles. The van der Waals surface area contributed by atoms with Gasteiger partial charge < -0.3 is 4.42 Å². The Balaban J connectivity index is 1.86. The summed E-state index contributed by atoms with van der Waals surface area (Å²) in [7, 11) is 0. The topological polar surface area (TPSA) is 26.0 Å². The van der Waals surface area contributed by atoms with E-state index in [2.05, 4.69) is 27.2 Å². The fourth-order valence-electron chi connectivity index (χ4n) is 1.14. The summed E-state index contributed by atoms with van der Waals surface area (Å²) >= 11 is 6.86. The van der Waals surface area contributed by atoms with E-state index in [0.717, 1.165) is 21.7 Å². The molecule has 2 nitrogen and oxygen atoms in total. The summed E-state index contributed by atoms with van der Waals surface area (Å²) in [5.74, 6) is 2.97. The van der Waals surface area contributed by atoms with Gasteiger partial charge in [-0.15, -0.1) is 11.8 Å². The predicted octanol–water partition coefficient (Wildman–Crippen LogP) is 4.24. The van der Waals surface area contributed by atoms with Gasteiger partial charge >= 0.3 is 0 Å². The molecule has 0 N–H and O–H groups in total. The van der Waals surface area contributed by atoms with Crippen LogP contribution in [0.2, 0.25) is 0 Å². The lowest BCUT2D eigenvalue weighted by Crippen LogP contribution is -1.81. The largest absolute Gasteiger partial charge is 0.468 e. The third kappa shape index (κ3) is 2.86. The summed E-state index contributed by atoms with van der Waals surface area (Å²) < 4.78 is 10.6. The van der Waals surface area contributed by atoms with Crippen molar-refractivity contribution < 1.29 is 4.42 Å². The molecule has 0 spiro atoms. The summed E-state index contributed by atoms with van der Waals surface area (Å²) in [6, 6.07) is 2.00. The molecule has 15 heavy (non-hydrogen) atoms. The zero-order chi connectivity index (χ0) is 10.7. The van der Waals surface area contributed by atoms with E-state index in [0.29, 0.717) is 0 Å². The molecular formula is C10H10BrNOS2. The van der Waals surface area contributed by atoms with E-state index in [-0.39, 0.29) is 0 Å². The van der Waals surface area contributed by atoms with Gasteiger partial charge in [0.15, 0.2) is 0 Å². The van der Waals surface area contributed by atoms with Crippen molar-refractivity contribution in [3.63, 3.8) is 0 Å².